The predicted octanol–water partition coefficient (Wildman–Crippen LogP) is 3.95. The van der Waals surface area contributed by atoms with E-state index < -0.39 is 28.0 Å². The minimum Gasteiger partial charge on any atom is -0.466 e. The molecule has 2 aliphatic heterocycles. The molecular formula is C25H32ClN3O7S2. The first kappa shape index (κ1) is 28.9. The van der Waals surface area contributed by atoms with E-state index in [1.807, 2.05) is 0 Å². The van der Waals surface area contributed by atoms with Crippen LogP contribution in [0.25, 0.3) is 0 Å². The van der Waals surface area contributed by atoms with Gasteiger partial charge in [-0.3, -0.25) is 14.9 Å². The Hall–Kier alpha value is -2.09. The summed E-state index contributed by atoms with van der Waals surface area (Å²) in [6.07, 6.45) is 2.68. The van der Waals surface area contributed by atoms with Crippen molar-refractivity contribution in [1.29, 1.82) is 0 Å². The highest BCUT2D eigenvalue weighted by atomic mass is 35.5. The van der Waals surface area contributed by atoms with Crippen LogP contribution < -0.4 is 5.32 Å². The molecule has 1 N–H and O–H groups in total. The van der Waals surface area contributed by atoms with Gasteiger partial charge in [-0.1, -0.05) is 41.5 Å². The lowest BCUT2D eigenvalue weighted by Crippen LogP contribution is -2.35. The lowest BCUT2D eigenvalue weighted by molar-refractivity contribution is -0.142. The Labute approximate surface area is 231 Å². The van der Waals surface area contributed by atoms with Crippen LogP contribution in [0.15, 0.2) is 29.2 Å². The molecule has 0 bridgehead atoms. The molecule has 10 nitrogen and oxygen atoms in total. The third kappa shape index (κ3) is 7.30. The molecule has 38 heavy (non-hydrogen) atoms. The summed E-state index contributed by atoms with van der Waals surface area (Å²) in [6.45, 7) is 4.04. The molecule has 1 aromatic heterocycles. The summed E-state index contributed by atoms with van der Waals surface area (Å²) < 4.78 is 44.5. The zero-order valence-corrected chi connectivity index (χ0v) is 23.6. The molecule has 208 valence electrons. The third-order valence-corrected chi connectivity index (χ3v) is 9.53. The minimum absolute atomic E-state index is 0.103. The lowest BCUT2D eigenvalue weighted by Gasteiger charge is -2.28. The standard InChI is InChI=1S/C25H32ClN3O7S2/c1-2-35-21(30)16-20-23(26)37-25(27-20)28-24(31)22(36-18-10-14-34-15-11-18)17-6-8-19(9-7-17)38(32,33)29-12-4-3-5-13-29/h6-9,18,22H,2-5,10-16H2,1H3,(H,27,28,31). The van der Waals surface area contributed by atoms with Gasteiger partial charge >= 0.3 is 5.97 Å². The number of esters is 1. The fourth-order valence-electron chi connectivity index (χ4n) is 4.38. The van der Waals surface area contributed by atoms with Crippen LogP contribution in [0, 0.1) is 0 Å². The summed E-state index contributed by atoms with van der Waals surface area (Å²) in [5, 5.41) is 2.97. The van der Waals surface area contributed by atoms with Crippen LogP contribution in [-0.2, 0) is 40.2 Å². The van der Waals surface area contributed by atoms with Crippen molar-refractivity contribution in [2.75, 3.05) is 38.2 Å². The van der Waals surface area contributed by atoms with Gasteiger partial charge in [-0.2, -0.15) is 4.31 Å². The van der Waals surface area contributed by atoms with E-state index in [0.29, 0.717) is 50.4 Å². The highest BCUT2D eigenvalue weighted by Gasteiger charge is 2.30. The molecule has 1 aromatic carbocycles. The first-order valence-corrected chi connectivity index (χ1v) is 15.4. The van der Waals surface area contributed by atoms with Crippen LogP contribution in [0.3, 0.4) is 0 Å². The van der Waals surface area contributed by atoms with E-state index in [4.69, 9.17) is 25.8 Å². The molecule has 0 saturated carbocycles. The number of piperidine rings is 1. The smallest absolute Gasteiger partial charge is 0.311 e. The van der Waals surface area contributed by atoms with Gasteiger partial charge in [0.15, 0.2) is 11.2 Å². The number of rotatable bonds is 10. The van der Waals surface area contributed by atoms with Gasteiger partial charge in [0.05, 0.1) is 29.7 Å². The number of hydrogen-bond acceptors (Lipinski definition) is 9. The van der Waals surface area contributed by atoms with Crippen LogP contribution in [0.2, 0.25) is 4.34 Å². The number of anilines is 1. The van der Waals surface area contributed by atoms with E-state index in [0.717, 1.165) is 30.6 Å². The predicted molar refractivity (Wildman–Crippen MR) is 143 cm³/mol. The molecule has 0 aliphatic carbocycles. The van der Waals surface area contributed by atoms with Crippen molar-refractivity contribution in [1.82, 2.24) is 9.29 Å². The molecule has 1 atom stereocenters. The molecule has 1 unspecified atom stereocenters. The quantitative estimate of drug-likeness (QED) is 0.416. The largest absolute Gasteiger partial charge is 0.466 e. The highest BCUT2D eigenvalue weighted by Crippen LogP contribution is 2.31. The molecule has 2 fully saturated rings. The van der Waals surface area contributed by atoms with Crippen LogP contribution in [0.1, 0.15) is 56.4 Å². The number of carbonyl (C=O) groups excluding carboxylic acids is 2. The number of hydrogen-bond donors (Lipinski definition) is 1. The molecule has 13 heteroatoms. The van der Waals surface area contributed by atoms with E-state index >= 15 is 0 Å². The number of sulfonamides is 1. The maximum Gasteiger partial charge on any atom is 0.311 e. The summed E-state index contributed by atoms with van der Waals surface area (Å²) in [5.41, 5.74) is 0.834. The fraction of sp³-hybridized carbons (Fsp3) is 0.560. The van der Waals surface area contributed by atoms with Crippen molar-refractivity contribution in [2.45, 2.75) is 62.6 Å². The Morgan fingerprint density at radius 3 is 2.53 bits per heavy atom. The zero-order chi connectivity index (χ0) is 27.1. The molecule has 2 saturated heterocycles. The van der Waals surface area contributed by atoms with Crippen LogP contribution in [-0.4, -0.2) is 68.6 Å². The normalized spacial score (nSPS) is 18.2. The second kappa shape index (κ2) is 13.3. The molecule has 0 radical (unpaired) electrons. The van der Waals surface area contributed by atoms with Gasteiger partial charge in [0, 0.05) is 26.3 Å². The first-order valence-electron chi connectivity index (χ1n) is 12.7. The molecule has 1 amide bonds. The van der Waals surface area contributed by atoms with Crippen LogP contribution in [0.5, 0.6) is 0 Å². The van der Waals surface area contributed by atoms with Gasteiger partial charge in [0.2, 0.25) is 10.0 Å². The number of aromatic nitrogens is 1. The number of ether oxygens (including phenoxy) is 3. The van der Waals surface area contributed by atoms with Gasteiger partial charge < -0.3 is 14.2 Å². The molecule has 4 rings (SSSR count). The SMILES string of the molecule is CCOC(=O)Cc1nc(NC(=O)C(OC2CCOCC2)c2ccc(S(=O)(=O)N3CCCCC3)cc2)sc1Cl. The number of thiazole rings is 1. The molecule has 2 aromatic rings. The second-order valence-corrected chi connectivity index (χ2v) is 12.6. The van der Waals surface area contributed by atoms with E-state index in [1.54, 1.807) is 19.1 Å². The maximum atomic E-state index is 13.4. The van der Waals surface area contributed by atoms with Crippen molar-refractivity contribution in [3.8, 4) is 0 Å². The molecular weight excluding hydrogens is 554 g/mol. The molecule has 2 aliphatic rings. The van der Waals surface area contributed by atoms with Gasteiger partial charge in [0.1, 0.15) is 4.34 Å². The summed E-state index contributed by atoms with van der Waals surface area (Å²) in [5.74, 6) is -0.936. The van der Waals surface area contributed by atoms with Gasteiger partial charge in [0.25, 0.3) is 5.91 Å². The number of nitrogens with one attached hydrogen (secondary N) is 1. The maximum absolute atomic E-state index is 13.4. The third-order valence-electron chi connectivity index (χ3n) is 6.37. The Morgan fingerprint density at radius 1 is 1.18 bits per heavy atom. The van der Waals surface area contributed by atoms with Gasteiger partial charge in [-0.05, 0) is 50.3 Å². The summed E-state index contributed by atoms with van der Waals surface area (Å²) >= 11 is 7.28. The summed E-state index contributed by atoms with van der Waals surface area (Å²) in [7, 11) is -3.60. The Kier molecular flexibility index (Phi) is 10.1. The average molecular weight is 586 g/mol. The van der Waals surface area contributed by atoms with Crippen molar-refractivity contribution in [3.63, 3.8) is 0 Å². The van der Waals surface area contributed by atoms with E-state index in [1.165, 1.54) is 16.4 Å². The fourth-order valence-corrected chi connectivity index (χ4v) is 6.94. The number of halogens is 1. The first-order chi connectivity index (χ1) is 18.3. The molecule has 3 heterocycles. The average Bonchev–Trinajstić information content (AvgIpc) is 3.26. The van der Waals surface area contributed by atoms with E-state index in [9.17, 15) is 18.0 Å². The zero-order valence-electron chi connectivity index (χ0n) is 21.2. The minimum atomic E-state index is -3.60. The van der Waals surface area contributed by atoms with Crippen LogP contribution >= 0.6 is 22.9 Å². The summed E-state index contributed by atoms with van der Waals surface area (Å²) in [6, 6.07) is 6.26. The number of carbonyl (C=O) groups is 2. The van der Waals surface area contributed by atoms with Gasteiger partial charge in [-0.15, -0.1) is 0 Å². The number of benzene rings is 1. The van der Waals surface area contributed by atoms with Crippen molar-refractivity contribution >= 4 is 50.0 Å². The van der Waals surface area contributed by atoms with E-state index in [-0.39, 0.29) is 33.5 Å². The van der Waals surface area contributed by atoms with Crippen molar-refractivity contribution in [3.05, 3.63) is 39.9 Å². The topological polar surface area (TPSA) is 124 Å². The number of amides is 1. The Morgan fingerprint density at radius 2 is 1.87 bits per heavy atom. The lowest BCUT2D eigenvalue weighted by atomic mass is 10.1. The Bertz CT molecular complexity index is 1210. The van der Waals surface area contributed by atoms with E-state index in [2.05, 4.69) is 10.3 Å². The van der Waals surface area contributed by atoms with Gasteiger partial charge in [-0.25, -0.2) is 13.4 Å². The molecule has 0 spiro atoms. The number of nitrogens with zero attached hydrogens (tertiary/aromatic N) is 2. The monoisotopic (exact) mass is 585 g/mol. The Balaban J connectivity index is 1.52. The van der Waals surface area contributed by atoms with Crippen LogP contribution in [0.4, 0.5) is 5.13 Å². The second-order valence-electron chi connectivity index (χ2n) is 9.07. The van der Waals surface area contributed by atoms with Crippen molar-refractivity contribution in [2.24, 2.45) is 0 Å². The van der Waals surface area contributed by atoms with Crippen molar-refractivity contribution < 1.29 is 32.2 Å². The summed E-state index contributed by atoms with van der Waals surface area (Å²) in [4.78, 5) is 29.7. The highest BCUT2D eigenvalue weighted by molar-refractivity contribution is 7.89.